The van der Waals surface area contributed by atoms with Gasteiger partial charge in [-0.3, -0.25) is 9.59 Å². The van der Waals surface area contributed by atoms with Crippen molar-refractivity contribution < 1.29 is 14.3 Å². The number of methoxy groups -OCH3 is 1. The summed E-state index contributed by atoms with van der Waals surface area (Å²) in [5, 5.41) is 3.23. The Bertz CT molecular complexity index is 674. The Kier molecular flexibility index (Phi) is 11.2. The predicted octanol–water partition coefficient (Wildman–Crippen LogP) is 5.47. The van der Waals surface area contributed by atoms with E-state index < -0.39 is 6.04 Å². The minimum Gasteiger partial charge on any atom is -0.497 e. The van der Waals surface area contributed by atoms with Crippen LogP contribution < -0.4 is 10.1 Å². The number of benzene rings is 1. The normalized spacial score (nSPS) is 16.4. The van der Waals surface area contributed by atoms with Gasteiger partial charge in [-0.15, -0.1) is 11.6 Å². The van der Waals surface area contributed by atoms with Crippen molar-refractivity contribution in [3.05, 3.63) is 29.8 Å². The molecule has 0 aromatic heterocycles. The van der Waals surface area contributed by atoms with Gasteiger partial charge in [0.05, 0.1) is 7.11 Å². The Morgan fingerprint density at radius 2 is 1.84 bits per heavy atom. The minimum atomic E-state index is -0.685. The van der Waals surface area contributed by atoms with Gasteiger partial charge in [0.15, 0.2) is 0 Å². The summed E-state index contributed by atoms with van der Waals surface area (Å²) < 4.78 is 5.28. The van der Waals surface area contributed by atoms with Gasteiger partial charge in [0.2, 0.25) is 11.8 Å². The Hall–Kier alpha value is -1.75. The van der Waals surface area contributed by atoms with Crippen molar-refractivity contribution in [2.24, 2.45) is 5.92 Å². The van der Waals surface area contributed by atoms with Crippen LogP contribution in [0.1, 0.15) is 83.2 Å². The molecule has 0 saturated heterocycles. The highest BCUT2D eigenvalue weighted by Gasteiger charge is 2.33. The lowest BCUT2D eigenvalue weighted by atomic mass is 9.94. The summed E-state index contributed by atoms with van der Waals surface area (Å²) in [4.78, 5) is 28.2. The number of halogens is 1. The molecule has 0 radical (unpaired) electrons. The summed E-state index contributed by atoms with van der Waals surface area (Å²) in [5.74, 6) is 0.625. The third-order valence-electron chi connectivity index (χ3n) is 6.38. The standard InChI is InChI=1S/C25H39ClN2O3/c1-4-6-10-19(5-2)18-28(23(29)17-26)24(20-13-15-22(31-3)16-14-20)25(30)27-21-11-8-7-9-12-21/h13-16,19,21,24H,4-12,17-18H2,1-3H3,(H,27,30)/t19-,24+/m1/s1. The average molecular weight is 451 g/mol. The SMILES string of the molecule is CCCC[C@@H](CC)CN(C(=O)CCl)[C@H](C(=O)NC1CCCCC1)c1ccc(OC)cc1. The number of amides is 2. The van der Waals surface area contributed by atoms with E-state index in [4.69, 9.17) is 16.3 Å². The molecule has 31 heavy (non-hydrogen) atoms. The third kappa shape index (κ3) is 7.71. The van der Waals surface area contributed by atoms with Crippen molar-refractivity contribution in [2.75, 3.05) is 19.5 Å². The zero-order valence-corrected chi connectivity index (χ0v) is 20.1. The number of nitrogens with zero attached hydrogens (tertiary/aromatic N) is 1. The highest BCUT2D eigenvalue weighted by molar-refractivity contribution is 6.27. The van der Waals surface area contributed by atoms with Crippen LogP contribution in [0.25, 0.3) is 0 Å². The Labute approximate surface area is 192 Å². The smallest absolute Gasteiger partial charge is 0.247 e. The second-order valence-corrected chi connectivity index (χ2v) is 8.88. The van der Waals surface area contributed by atoms with E-state index in [-0.39, 0.29) is 23.7 Å². The molecule has 2 amide bonds. The van der Waals surface area contributed by atoms with Gasteiger partial charge in [-0.1, -0.05) is 64.5 Å². The highest BCUT2D eigenvalue weighted by atomic mass is 35.5. The molecule has 1 aromatic carbocycles. The maximum absolute atomic E-state index is 13.5. The first-order valence-electron chi connectivity index (χ1n) is 11.8. The Morgan fingerprint density at radius 3 is 2.39 bits per heavy atom. The topological polar surface area (TPSA) is 58.6 Å². The van der Waals surface area contributed by atoms with Gasteiger partial charge in [0, 0.05) is 12.6 Å². The van der Waals surface area contributed by atoms with E-state index in [0.717, 1.165) is 62.7 Å². The summed E-state index contributed by atoms with van der Waals surface area (Å²) in [5.41, 5.74) is 0.790. The summed E-state index contributed by atoms with van der Waals surface area (Å²) in [6.45, 7) is 4.86. The van der Waals surface area contributed by atoms with Crippen molar-refractivity contribution in [1.82, 2.24) is 10.2 Å². The van der Waals surface area contributed by atoms with Gasteiger partial charge in [-0.25, -0.2) is 0 Å². The highest BCUT2D eigenvalue weighted by Crippen LogP contribution is 2.28. The summed E-state index contributed by atoms with van der Waals surface area (Å²) in [6, 6.07) is 6.94. The van der Waals surface area contributed by atoms with Crippen LogP contribution in [-0.4, -0.2) is 42.3 Å². The number of nitrogens with one attached hydrogen (secondary N) is 1. The lowest BCUT2D eigenvalue weighted by Gasteiger charge is -2.35. The van der Waals surface area contributed by atoms with E-state index in [1.54, 1.807) is 12.0 Å². The van der Waals surface area contributed by atoms with E-state index in [1.807, 2.05) is 24.3 Å². The summed E-state index contributed by atoms with van der Waals surface area (Å²) >= 11 is 6.01. The third-order valence-corrected chi connectivity index (χ3v) is 6.60. The molecule has 0 spiro atoms. The van der Waals surface area contributed by atoms with Gasteiger partial charge in [-0.2, -0.15) is 0 Å². The first-order valence-corrected chi connectivity index (χ1v) is 12.4. The quantitative estimate of drug-likeness (QED) is 0.429. The maximum atomic E-state index is 13.5. The lowest BCUT2D eigenvalue weighted by Crippen LogP contribution is -2.48. The summed E-state index contributed by atoms with van der Waals surface area (Å²) in [7, 11) is 1.62. The molecule has 1 aliphatic carbocycles. The first-order chi connectivity index (χ1) is 15.0. The number of carbonyl (C=O) groups excluding carboxylic acids is 2. The molecule has 1 N–H and O–H groups in total. The van der Waals surface area contributed by atoms with Gasteiger partial charge in [-0.05, 0) is 42.9 Å². The van der Waals surface area contributed by atoms with E-state index >= 15 is 0 Å². The van der Waals surface area contributed by atoms with Crippen LogP contribution in [0.5, 0.6) is 5.75 Å². The first kappa shape index (κ1) is 25.5. The number of unbranched alkanes of at least 4 members (excludes halogenated alkanes) is 1. The Balaban J connectivity index is 2.33. The molecule has 6 heteroatoms. The molecule has 174 valence electrons. The molecule has 2 rings (SSSR count). The van der Waals surface area contributed by atoms with Crippen molar-refractivity contribution >= 4 is 23.4 Å². The molecule has 2 atom stereocenters. The molecule has 5 nitrogen and oxygen atoms in total. The molecule has 1 fully saturated rings. The fraction of sp³-hybridized carbons (Fsp3) is 0.680. The average Bonchev–Trinajstić information content (AvgIpc) is 2.81. The van der Waals surface area contributed by atoms with Crippen LogP contribution in [0.2, 0.25) is 0 Å². The lowest BCUT2D eigenvalue weighted by molar-refractivity contribution is -0.140. The van der Waals surface area contributed by atoms with E-state index in [1.165, 1.54) is 6.42 Å². The molecular formula is C25H39ClN2O3. The molecular weight excluding hydrogens is 412 g/mol. The summed E-state index contributed by atoms with van der Waals surface area (Å²) in [6.07, 6.45) is 9.73. The van der Waals surface area contributed by atoms with E-state index in [2.05, 4.69) is 19.2 Å². The van der Waals surface area contributed by atoms with Crippen molar-refractivity contribution in [2.45, 2.75) is 83.7 Å². The zero-order valence-electron chi connectivity index (χ0n) is 19.4. The predicted molar refractivity (Wildman–Crippen MR) is 126 cm³/mol. The van der Waals surface area contributed by atoms with Crippen LogP contribution >= 0.6 is 11.6 Å². The van der Waals surface area contributed by atoms with Gasteiger partial charge < -0.3 is 15.0 Å². The van der Waals surface area contributed by atoms with Gasteiger partial charge in [0.1, 0.15) is 17.7 Å². The van der Waals surface area contributed by atoms with Crippen LogP contribution in [0.3, 0.4) is 0 Å². The van der Waals surface area contributed by atoms with Gasteiger partial charge in [0.25, 0.3) is 0 Å². The second kappa shape index (κ2) is 13.6. The number of hydrogen-bond acceptors (Lipinski definition) is 3. The fourth-order valence-corrected chi connectivity index (χ4v) is 4.56. The molecule has 1 saturated carbocycles. The minimum absolute atomic E-state index is 0.110. The monoisotopic (exact) mass is 450 g/mol. The van der Waals surface area contributed by atoms with Crippen molar-refractivity contribution in [3.63, 3.8) is 0 Å². The van der Waals surface area contributed by atoms with Crippen molar-refractivity contribution in [3.8, 4) is 5.75 Å². The molecule has 0 aliphatic heterocycles. The fourth-order valence-electron chi connectivity index (χ4n) is 4.41. The number of rotatable bonds is 12. The van der Waals surface area contributed by atoms with E-state index in [9.17, 15) is 9.59 Å². The van der Waals surface area contributed by atoms with Crippen molar-refractivity contribution in [1.29, 1.82) is 0 Å². The number of hydrogen-bond donors (Lipinski definition) is 1. The molecule has 0 bridgehead atoms. The molecule has 1 aliphatic rings. The molecule has 0 heterocycles. The van der Waals surface area contributed by atoms with Crippen LogP contribution in [0, 0.1) is 5.92 Å². The number of carbonyl (C=O) groups is 2. The molecule has 1 aromatic rings. The second-order valence-electron chi connectivity index (χ2n) is 8.62. The van der Waals surface area contributed by atoms with Crippen LogP contribution in [-0.2, 0) is 9.59 Å². The van der Waals surface area contributed by atoms with Crippen LogP contribution in [0.4, 0.5) is 0 Å². The zero-order chi connectivity index (χ0) is 22.6. The van der Waals surface area contributed by atoms with Gasteiger partial charge >= 0.3 is 0 Å². The molecule has 0 unspecified atom stereocenters. The Morgan fingerprint density at radius 1 is 1.16 bits per heavy atom. The number of alkyl halides is 1. The number of ether oxygens (including phenoxy) is 1. The van der Waals surface area contributed by atoms with Crippen LogP contribution in [0.15, 0.2) is 24.3 Å². The largest absolute Gasteiger partial charge is 0.497 e. The maximum Gasteiger partial charge on any atom is 0.247 e. The van der Waals surface area contributed by atoms with E-state index in [0.29, 0.717) is 12.5 Å².